The summed E-state index contributed by atoms with van der Waals surface area (Å²) in [6.45, 7) is 2.22. The van der Waals surface area contributed by atoms with Crippen molar-refractivity contribution in [3.63, 3.8) is 0 Å². The molecule has 1 unspecified atom stereocenters. The topological polar surface area (TPSA) is 17.1 Å². The van der Waals surface area contributed by atoms with Crippen molar-refractivity contribution in [3.05, 3.63) is 41.5 Å². The van der Waals surface area contributed by atoms with E-state index in [4.69, 9.17) is 0 Å². The van der Waals surface area contributed by atoms with Gasteiger partial charge in [-0.05, 0) is 35.6 Å². The Morgan fingerprint density at radius 1 is 1.27 bits per heavy atom. The van der Waals surface area contributed by atoms with Crippen LogP contribution in [0.25, 0.3) is 5.57 Å². The van der Waals surface area contributed by atoms with E-state index in [1.807, 2.05) is 6.08 Å². The minimum absolute atomic E-state index is 0.117. The molecule has 1 nitrogen and oxygen atoms in total. The number of benzene rings is 1. The highest BCUT2D eigenvalue weighted by Crippen LogP contribution is 2.50. The summed E-state index contributed by atoms with van der Waals surface area (Å²) in [4.78, 5) is 11.5. The molecule has 0 saturated carbocycles. The minimum Gasteiger partial charge on any atom is -0.295 e. The van der Waals surface area contributed by atoms with Crippen LogP contribution < -0.4 is 0 Å². The first-order valence-corrected chi connectivity index (χ1v) is 5.52. The van der Waals surface area contributed by atoms with E-state index in [0.717, 1.165) is 12.8 Å². The number of rotatable bonds is 0. The summed E-state index contributed by atoms with van der Waals surface area (Å²) in [5.41, 5.74) is 4.09. The fraction of sp³-hybridized carbons (Fsp3) is 0.357. The van der Waals surface area contributed by atoms with Gasteiger partial charge < -0.3 is 0 Å². The highest BCUT2D eigenvalue weighted by molar-refractivity contribution is 6.04. The number of hydrogen-bond donors (Lipinski definition) is 0. The molecule has 0 fully saturated rings. The van der Waals surface area contributed by atoms with Crippen molar-refractivity contribution in [3.8, 4) is 0 Å². The van der Waals surface area contributed by atoms with Crippen molar-refractivity contribution in [2.45, 2.75) is 26.2 Å². The predicted octanol–water partition coefficient (Wildman–Crippen LogP) is 3.00. The van der Waals surface area contributed by atoms with Crippen LogP contribution in [0.2, 0.25) is 0 Å². The summed E-state index contributed by atoms with van der Waals surface area (Å²) >= 11 is 0. The van der Waals surface area contributed by atoms with E-state index in [2.05, 4.69) is 31.2 Å². The van der Waals surface area contributed by atoms with Gasteiger partial charge in [0.25, 0.3) is 0 Å². The Morgan fingerprint density at radius 3 is 2.93 bits per heavy atom. The fourth-order valence-electron chi connectivity index (χ4n) is 2.90. The molecule has 2 aliphatic carbocycles. The number of hydrogen-bond acceptors (Lipinski definition) is 1. The Morgan fingerprint density at radius 2 is 2.07 bits per heavy atom. The number of allylic oxidation sites excluding steroid dienone is 2. The molecule has 1 aromatic rings. The van der Waals surface area contributed by atoms with Crippen LogP contribution in [-0.4, -0.2) is 5.78 Å². The van der Waals surface area contributed by atoms with Gasteiger partial charge in [0.05, 0.1) is 0 Å². The molecular weight excluding hydrogens is 184 g/mol. The zero-order valence-electron chi connectivity index (χ0n) is 8.92. The van der Waals surface area contributed by atoms with Crippen molar-refractivity contribution < 1.29 is 4.79 Å². The molecule has 1 heteroatoms. The third-order valence-corrected chi connectivity index (χ3v) is 3.77. The number of aryl methyl sites for hydroxylation is 1. The maximum absolute atomic E-state index is 11.5. The average Bonchev–Trinajstić information content (AvgIpc) is 2.53. The minimum atomic E-state index is 0.117. The third-order valence-electron chi connectivity index (χ3n) is 3.77. The molecule has 76 valence electrons. The second-order valence-corrected chi connectivity index (χ2v) is 4.92. The van der Waals surface area contributed by atoms with Gasteiger partial charge in [0.15, 0.2) is 5.78 Å². The largest absolute Gasteiger partial charge is 0.295 e. The third kappa shape index (κ3) is 1.19. The lowest BCUT2D eigenvalue weighted by molar-refractivity contribution is -0.115. The average molecular weight is 198 g/mol. The van der Waals surface area contributed by atoms with Crippen LogP contribution in [0.5, 0.6) is 0 Å². The summed E-state index contributed by atoms with van der Waals surface area (Å²) in [6, 6.07) is 8.47. The van der Waals surface area contributed by atoms with Crippen molar-refractivity contribution >= 4 is 11.4 Å². The van der Waals surface area contributed by atoms with E-state index in [1.54, 1.807) is 0 Å². The molecule has 0 N–H and O–H groups in total. The van der Waals surface area contributed by atoms with E-state index in [-0.39, 0.29) is 5.41 Å². The van der Waals surface area contributed by atoms with Gasteiger partial charge in [-0.15, -0.1) is 0 Å². The molecule has 0 spiro atoms. The Hall–Kier alpha value is -1.37. The maximum atomic E-state index is 11.5. The Kier molecular flexibility index (Phi) is 1.67. The summed E-state index contributed by atoms with van der Waals surface area (Å²) in [6.07, 6.45) is 4.79. The van der Waals surface area contributed by atoms with Gasteiger partial charge in [-0.2, -0.15) is 0 Å². The maximum Gasteiger partial charge on any atom is 0.156 e. The van der Waals surface area contributed by atoms with Crippen LogP contribution in [0, 0.1) is 5.41 Å². The zero-order chi connectivity index (χ0) is 10.5. The van der Waals surface area contributed by atoms with Gasteiger partial charge >= 0.3 is 0 Å². The second-order valence-electron chi connectivity index (χ2n) is 4.92. The zero-order valence-corrected chi connectivity index (χ0v) is 8.92. The monoisotopic (exact) mass is 198 g/mol. The number of ketones is 1. The Balaban J connectivity index is 2.21. The fourth-order valence-corrected chi connectivity index (χ4v) is 2.90. The molecule has 0 heterocycles. The van der Waals surface area contributed by atoms with Crippen molar-refractivity contribution in [1.82, 2.24) is 0 Å². The molecule has 0 aliphatic heterocycles. The Labute approximate surface area is 89.8 Å². The van der Waals surface area contributed by atoms with Crippen molar-refractivity contribution in [2.75, 3.05) is 0 Å². The molecule has 1 aromatic carbocycles. The van der Waals surface area contributed by atoms with Crippen molar-refractivity contribution in [1.29, 1.82) is 0 Å². The summed E-state index contributed by atoms with van der Waals surface area (Å²) in [7, 11) is 0. The molecule has 15 heavy (non-hydrogen) atoms. The van der Waals surface area contributed by atoms with Crippen LogP contribution in [0.3, 0.4) is 0 Å². The lowest BCUT2D eigenvalue weighted by Crippen LogP contribution is -2.22. The molecule has 1 atom stereocenters. The van der Waals surface area contributed by atoms with E-state index in [0.29, 0.717) is 12.2 Å². The van der Waals surface area contributed by atoms with Gasteiger partial charge in [-0.3, -0.25) is 4.79 Å². The summed E-state index contributed by atoms with van der Waals surface area (Å²) in [5, 5.41) is 0. The quantitative estimate of drug-likeness (QED) is 0.626. The second kappa shape index (κ2) is 2.82. The molecule has 2 aliphatic rings. The molecule has 3 rings (SSSR count). The van der Waals surface area contributed by atoms with E-state index in [9.17, 15) is 4.79 Å². The molecule has 0 saturated heterocycles. The van der Waals surface area contributed by atoms with Crippen LogP contribution in [0.4, 0.5) is 0 Å². The van der Waals surface area contributed by atoms with Gasteiger partial charge in [0.1, 0.15) is 0 Å². The van der Waals surface area contributed by atoms with Crippen LogP contribution in [0.1, 0.15) is 30.9 Å². The first-order valence-electron chi connectivity index (χ1n) is 5.52. The highest BCUT2D eigenvalue weighted by Gasteiger charge is 2.40. The van der Waals surface area contributed by atoms with E-state index < -0.39 is 0 Å². The van der Waals surface area contributed by atoms with Gasteiger partial charge in [-0.25, -0.2) is 0 Å². The van der Waals surface area contributed by atoms with Gasteiger partial charge in [0, 0.05) is 11.8 Å². The number of fused-ring (bicyclic) bond motifs is 3. The molecular formula is C14H14O. The smallest absolute Gasteiger partial charge is 0.156 e. The van der Waals surface area contributed by atoms with Crippen LogP contribution in [0.15, 0.2) is 30.3 Å². The van der Waals surface area contributed by atoms with E-state index >= 15 is 0 Å². The molecule has 0 bridgehead atoms. The summed E-state index contributed by atoms with van der Waals surface area (Å²) in [5.74, 6) is 0.296. The van der Waals surface area contributed by atoms with Crippen LogP contribution >= 0.6 is 0 Å². The SMILES string of the molecule is CC12CCc3ccccc3C1=CC(=O)C2. The van der Waals surface area contributed by atoms with Gasteiger partial charge in [-0.1, -0.05) is 31.2 Å². The molecule has 0 radical (unpaired) electrons. The Bertz CT molecular complexity index is 470. The molecule has 0 amide bonds. The predicted molar refractivity (Wildman–Crippen MR) is 60.5 cm³/mol. The molecule has 0 aromatic heterocycles. The summed E-state index contributed by atoms with van der Waals surface area (Å²) < 4.78 is 0. The first-order chi connectivity index (χ1) is 7.19. The van der Waals surface area contributed by atoms with E-state index in [1.165, 1.54) is 16.7 Å². The van der Waals surface area contributed by atoms with Crippen LogP contribution in [-0.2, 0) is 11.2 Å². The number of carbonyl (C=O) groups is 1. The standard InChI is InChI=1S/C14H14O/c1-14-7-6-10-4-2-3-5-12(10)13(14)8-11(15)9-14/h2-5,8H,6-7,9H2,1H3. The lowest BCUT2D eigenvalue weighted by Gasteiger charge is -2.33. The van der Waals surface area contributed by atoms with Gasteiger partial charge in [0.2, 0.25) is 0 Å². The lowest BCUT2D eigenvalue weighted by atomic mass is 9.70. The highest BCUT2D eigenvalue weighted by atomic mass is 16.1. The van der Waals surface area contributed by atoms with Crippen molar-refractivity contribution in [2.24, 2.45) is 5.41 Å². The first kappa shape index (κ1) is 8.90. The number of carbonyl (C=O) groups excluding carboxylic acids is 1. The normalized spacial score (nSPS) is 28.3.